The molecule has 6 heteroatoms. The number of nitrogens with zero attached hydrogens (tertiary/aromatic N) is 1. The predicted molar refractivity (Wildman–Crippen MR) is 108 cm³/mol. The molecule has 0 aliphatic rings. The number of amides is 1. The number of hydrogen-bond acceptors (Lipinski definition) is 5. The van der Waals surface area contributed by atoms with Gasteiger partial charge in [-0.1, -0.05) is 29.8 Å². The number of pyridine rings is 1. The molecule has 142 valence electrons. The maximum Gasteiger partial charge on any atom is 0.337 e. The van der Waals surface area contributed by atoms with Crippen molar-refractivity contribution in [3.63, 3.8) is 0 Å². The minimum Gasteiger partial charge on any atom is -0.465 e. The summed E-state index contributed by atoms with van der Waals surface area (Å²) in [5, 5.41) is 6.07. The minimum atomic E-state index is -0.388. The third-order valence-electron chi connectivity index (χ3n) is 4.13. The Balaban J connectivity index is 1.64. The number of methoxy groups -OCH3 is 1. The van der Waals surface area contributed by atoms with Crippen molar-refractivity contribution in [3.05, 3.63) is 89.2 Å². The number of rotatable bonds is 6. The second-order valence-electron chi connectivity index (χ2n) is 6.33. The Kier molecular flexibility index (Phi) is 6.01. The summed E-state index contributed by atoms with van der Waals surface area (Å²) < 4.78 is 4.68. The lowest BCUT2D eigenvalue weighted by molar-refractivity contribution is 0.0600. The molecule has 1 amide bonds. The van der Waals surface area contributed by atoms with Gasteiger partial charge in [-0.15, -0.1) is 0 Å². The summed E-state index contributed by atoms with van der Waals surface area (Å²) in [6.45, 7) is 2.47. The van der Waals surface area contributed by atoms with E-state index in [1.54, 1.807) is 36.5 Å². The van der Waals surface area contributed by atoms with Gasteiger partial charge in [-0.05, 0) is 42.8 Å². The van der Waals surface area contributed by atoms with Crippen LogP contribution in [0.4, 0.5) is 11.4 Å². The molecule has 2 N–H and O–H groups in total. The van der Waals surface area contributed by atoms with Crippen molar-refractivity contribution in [1.29, 1.82) is 0 Å². The Morgan fingerprint density at radius 2 is 1.75 bits per heavy atom. The van der Waals surface area contributed by atoms with Crippen LogP contribution in [-0.2, 0) is 11.3 Å². The second-order valence-corrected chi connectivity index (χ2v) is 6.33. The number of hydrogen-bond donors (Lipinski definition) is 2. The van der Waals surface area contributed by atoms with Gasteiger partial charge in [-0.3, -0.25) is 9.78 Å². The van der Waals surface area contributed by atoms with Crippen molar-refractivity contribution >= 4 is 23.3 Å². The van der Waals surface area contributed by atoms with Gasteiger partial charge in [0, 0.05) is 18.4 Å². The zero-order valence-corrected chi connectivity index (χ0v) is 15.7. The Labute approximate surface area is 163 Å². The Morgan fingerprint density at radius 1 is 0.964 bits per heavy atom. The van der Waals surface area contributed by atoms with E-state index in [0.717, 1.165) is 16.8 Å². The Morgan fingerprint density at radius 3 is 2.46 bits per heavy atom. The summed E-state index contributed by atoms with van der Waals surface area (Å²) in [5.41, 5.74) is 4.57. The lowest BCUT2D eigenvalue weighted by Gasteiger charge is -2.09. The molecule has 0 saturated carbocycles. The van der Waals surface area contributed by atoms with Gasteiger partial charge in [-0.2, -0.15) is 0 Å². The molecular formula is C22H21N3O3. The first kappa shape index (κ1) is 19.1. The molecule has 1 aromatic heterocycles. The molecule has 0 bridgehead atoms. The van der Waals surface area contributed by atoms with E-state index in [-0.39, 0.29) is 11.9 Å². The molecule has 28 heavy (non-hydrogen) atoms. The van der Waals surface area contributed by atoms with Crippen molar-refractivity contribution in [1.82, 2.24) is 10.3 Å². The third-order valence-corrected chi connectivity index (χ3v) is 4.13. The number of carbonyl (C=O) groups is 2. The van der Waals surface area contributed by atoms with Crippen LogP contribution in [0.15, 0.2) is 67.0 Å². The van der Waals surface area contributed by atoms with Crippen LogP contribution in [-0.4, -0.2) is 24.0 Å². The van der Waals surface area contributed by atoms with Crippen molar-refractivity contribution in [2.45, 2.75) is 13.5 Å². The molecule has 0 radical (unpaired) electrons. The van der Waals surface area contributed by atoms with Crippen molar-refractivity contribution in [3.8, 4) is 0 Å². The van der Waals surface area contributed by atoms with E-state index in [9.17, 15) is 9.59 Å². The fraction of sp³-hybridized carbons (Fsp3) is 0.136. The van der Waals surface area contributed by atoms with Crippen LogP contribution < -0.4 is 10.6 Å². The summed E-state index contributed by atoms with van der Waals surface area (Å²) in [7, 11) is 1.34. The van der Waals surface area contributed by atoms with Crippen molar-refractivity contribution in [2.24, 2.45) is 0 Å². The highest BCUT2D eigenvalue weighted by Gasteiger charge is 2.08. The molecule has 1 heterocycles. The molecule has 3 aromatic rings. The highest BCUT2D eigenvalue weighted by atomic mass is 16.5. The Bertz CT molecular complexity index is 984. The maximum atomic E-state index is 12.4. The average molecular weight is 375 g/mol. The van der Waals surface area contributed by atoms with Gasteiger partial charge in [0.25, 0.3) is 5.91 Å². The molecule has 3 rings (SSSR count). The molecule has 0 atom stereocenters. The summed E-state index contributed by atoms with van der Waals surface area (Å²) >= 11 is 0. The van der Waals surface area contributed by atoms with Gasteiger partial charge in [0.05, 0.1) is 30.1 Å². The highest BCUT2D eigenvalue weighted by Crippen LogP contribution is 2.18. The molecule has 0 aliphatic carbocycles. The lowest BCUT2D eigenvalue weighted by Crippen LogP contribution is -2.23. The number of aromatic nitrogens is 1. The van der Waals surface area contributed by atoms with E-state index in [0.29, 0.717) is 23.4 Å². The average Bonchev–Trinajstić information content (AvgIpc) is 2.72. The standard InChI is InChI=1S/C22H21N3O3/c1-15-4-3-5-16(10-15)12-24-21(26)18-11-20(14-23-13-18)25-19-8-6-17(7-9-19)22(27)28-2/h3-11,13-14,25H,12H2,1-2H3,(H,24,26). The second kappa shape index (κ2) is 8.81. The number of carbonyl (C=O) groups excluding carboxylic acids is 2. The van der Waals surface area contributed by atoms with E-state index in [2.05, 4.69) is 20.4 Å². The molecule has 0 spiro atoms. The number of aryl methyl sites for hydroxylation is 1. The molecule has 2 aromatic carbocycles. The molecule has 0 saturated heterocycles. The van der Waals surface area contributed by atoms with Crippen LogP contribution in [0.2, 0.25) is 0 Å². The van der Waals surface area contributed by atoms with Gasteiger partial charge < -0.3 is 15.4 Å². The topological polar surface area (TPSA) is 80.3 Å². The summed E-state index contributed by atoms with van der Waals surface area (Å²) in [6.07, 6.45) is 3.16. The quantitative estimate of drug-likeness (QED) is 0.640. The van der Waals surface area contributed by atoms with Gasteiger partial charge in [0.2, 0.25) is 0 Å². The third kappa shape index (κ3) is 4.94. The smallest absolute Gasteiger partial charge is 0.337 e. The molecule has 0 aliphatic heterocycles. The van der Waals surface area contributed by atoms with E-state index in [4.69, 9.17) is 0 Å². The summed E-state index contributed by atoms with van der Waals surface area (Å²) in [6, 6.07) is 16.6. The fourth-order valence-electron chi connectivity index (χ4n) is 2.71. The lowest BCUT2D eigenvalue weighted by atomic mass is 10.1. The molecule has 0 fully saturated rings. The van der Waals surface area contributed by atoms with E-state index < -0.39 is 0 Å². The van der Waals surface area contributed by atoms with E-state index >= 15 is 0 Å². The number of benzene rings is 2. The zero-order chi connectivity index (χ0) is 19.9. The minimum absolute atomic E-state index is 0.196. The normalized spacial score (nSPS) is 10.2. The SMILES string of the molecule is COC(=O)c1ccc(Nc2cncc(C(=O)NCc3cccc(C)c3)c2)cc1. The van der Waals surface area contributed by atoms with Crippen molar-refractivity contribution in [2.75, 3.05) is 12.4 Å². The molecule has 6 nitrogen and oxygen atoms in total. The van der Waals surface area contributed by atoms with Crippen molar-refractivity contribution < 1.29 is 14.3 Å². The van der Waals surface area contributed by atoms with Crippen LogP contribution in [0, 0.1) is 6.92 Å². The first-order valence-corrected chi connectivity index (χ1v) is 8.79. The summed E-state index contributed by atoms with van der Waals surface area (Å²) in [5.74, 6) is -0.584. The fourth-order valence-corrected chi connectivity index (χ4v) is 2.71. The molecular weight excluding hydrogens is 354 g/mol. The van der Waals surface area contributed by atoms with Gasteiger partial charge >= 0.3 is 5.97 Å². The van der Waals surface area contributed by atoms with Crippen LogP contribution in [0.25, 0.3) is 0 Å². The van der Waals surface area contributed by atoms with E-state index in [1.165, 1.54) is 13.3 Å². The summed E-state index contributed by atoms with van der Waals surface area (Å²) in [4.78, 5) is 28.1. The van der Waals surface area contributed by atoms with Gasteiger partial charge in [0.1, 0.15) is 0 Å². The van der Waals surface area contributed by atoms with E-state index in [1.807, 2.05) is 31.2 Å². The monoisotopic (exact) mass is 375 g/mol. The highest BCUT2D eigenvalue weighted by molar-refractivity contribution is 5.95. The predicted octanol–water partition coefficient (Wildman–Crippen LogP) is 3.85. The first-order valence-electron chi connectivity index (χ1n) is 8.79. The number of esters is 1. The Hall–Kier alpha value is -3.67. The van der Waals surface area contributed by atoms with Crippen LogP contribution in [0.5, 0.6) is 0 Å². The van der Waals surface area contributed by atoms with Gasteiger partial charge in [-0.25, -0.2) is 4.79 Å². The maximum absolute atomic E-state index is 12.4. The zero-order valence-electron chi connectivity index (χ0n) is 15.7. The largest absolute Gasteiger partial charge is 0.465 e. The van der Waals surface area contributed by atoms with Crippen LogP contribution in [0.1, 0.15) is 31.8 Å². The number of anilines is 2. The van der Waals surface area contributed by atoms with Crippen LogP contribution in [0.3, 0.4) is 0 Å². The number of nitrogens with one attached hydrogen (secondary N) is 2. The first-order chi connectivity index (χ1) is 13.5. The van der Waals surface area contributed by atoms with Crippen LogP contribution >= 0.6 is 0 Å². The molecule has 0 unspecified atom stereocenters. The number of ether oxygens (including phenoxy) is 1. The van der Waals surface area contributed by atoms with Gasteiger partial charge in [0.15, 0.2) is 0 Å².